The highest BCUT2D eigenvalue weighted by molar-refractivity contribution is 8.26. The van der Waals surface area contributed by atoms with E-state index in [2.05, 4.69) is 5.32 Å². The Morgan fingerprint density at radius 3 is 2.73 bits per heavy atom. The van der Waals surface area contributed by atoms with E-state index in [1.165, 1.54) is 11.8 Å². The van der Waals surface area contributed by atoms with Gasteiger partial charge >= 0.3 is 0 Å². The van der Waals surface area contributed by atoms with Gasteiger partial charge in [-0.1, -0.05) is 42.2 Å². The van der Waals surface area contributed by atoms with Gasteiger partial charge in [0.1, 0.15) is 10.1 Å². The third-order valence-corrected chi connectivity index (χ3v) is 3.03. The molecule has 1 fully saturated rings. The molecule has 76 valence electrons. The normalized spacial score (nSPS) is 18.3. The predicted molar refractivity (Wildman–Crippen MR) is 64.4 cm³/mol. The van der Waals surface area contributed by atoms with Gasteiger partial charge < -0.3 is 10.4 Å². The monoisotopic (exact) mass is 237 g/mol. The minimum absolute atomic E-state index is 0.149. The number of para-hydroxylation sites is 1. The number of aromatic hydroxyl groups is 1. The lowest BCUT2D eigenvalue weighted by molar-refractivity contribution is -0.115. The van der Waals surface area contributed by atoms with Crippen LogP contribution in [0.1, 0.15) is 5.56 Å². The lowest BCUT2D eigenvalue weighted by atomic mass is 10.2. The molecule has 0 unspecified atom stereocenters. The predicted octanol–water partition coefficient (Wildman–Crippen LogP) is 1.88. The van der Waals surface area contributed by atoms with Gasteiger partial charge in [0.15, 0.2) is 0 Å². The molecule has 0 aromatic heterocycles. The minimum atomic E-state index is -0.215. The van der Waals surface area contributed by atoms with E-state index in [0.29, 0.717) is 14.8 Å². The lowest BCUT2D eigenvalue weighted by Crippen LogP contribution is -2.17. The summed E-state index contributed by atoms with van der Waals surface area (Å²) in [6, 6.07) is 6.82. The number of hydrogen-bond donors (Lipinski definition) is 2. The number of carbonyl (C=O) groups is 1. The van der Waals surface area contributed by atoms with Gasteiger partial charge in [-0.2, -0.15) is 0 Å². The van der Waals surface area contributed by atoms with Crippen LogP contribution in [0.15, 0.2) is 29.2 Å². The molecule has 1 heterocycles. The molecule has 2 rings (SSSR count). The Balaban J connectivity index is 2.35. The molecule has 3 nitrogen and oxygen atoms in total. The van der Waals surface area contributed by atoms with E-state index in [1.54, 1.807) is 30.3 Å². The zero-order chi connectivity index (χ0) is 10.8. The van der Waals surface area contributed by atoms with Crippen LogP contribution in [-0.4, -0.2) is 15.3 Å². The van der Waals surface area contributed by atoms with Crippen molar-refractivity contribution in [3.8, 4) is 5.75 Å². The maximum atomic E-state index is 11.3. The minimum Gasteiger partial charge on any atom is -0.507 e. The Hall–Kier alpha value is -1.33. The van der Waals surface area contributed by atoms with E-state index in [0.717, 1.165) is 0 Å². The number of carbonyl (C=O) groups excluding carboxylic acids is 1. The summed E-state index contributed by atoms with van der Waals surface area (Å²) in [4.78, 5) is 11.8. The second-order valence-electron chi connectivity index (χ2n) is 2.91. The van der Waals surface area contributed by atoms with E-state index in [-0.39, 0.29) is 11.7 Å². The standard InChI is InChI=1S/C10H7NO2S2/c12-7-4-2-1-3-6(7)5-8-9(13)11-10(14)15-8/h1-5,12H,(H,11,13,14)/b8-5+. The molecule has 0 bridgehead atoms. The highest BCUT2D eigenvalue weighted by Gasteiger charge is 2.22. The first-order valence-corrected chi connectivity index (χ1v) is 5.42. The van der Waals surface area contributed by atoms with Crippen LogP contribution in [0.4, 0.5) is 0 Å². The summed E-state index contributed by atoms with van der Waals surface area (Å²) in [5.41, 5.74) is 0.611. The molecule has 1 aromatic rings. The first-order chi connectivity index (χ1) is 7.16. The van der Waals surface area contributed by atoms with Crippen molar-refractivity contribution in [2.24, 2.45) is 0 Å². The number of thiocarbonyl (C=S) groups is 1. The molecule has 2 N–H and O–H groups in total. The summed E-state index contributed by atoms with van der Waals surface area (Å²) in [6.45, 7) is 0. The number of phenols is 1. The second-order valence-corrected chi connectivity index (χ2v) is 4.63. The molecule has 0 saturated carbocycles. The molecule has 5 heteroatoms. The highest BCUT2D eigenvalue weighted by atomic mass is 32.2. The van der Waals surface area contributed by atoms with Gasteiger partial charge in [-0.3, -0.25) is 4.79 Å². The zero-order valence-corrected chi connectivity index (χ0v) is 9.19. The quantitative estimate of drug-likeness (QED) is 0.578. The molecule has 15 heavy (non-hydrogen) atoms. The molecule has 1 aromatic carbocycles. The number of benzene rings is 1. The number of hydrogen-bond acceptors (Lipinski definition) is 4. The number of amides is 1. The van der Waals surface area contributed by atoms with E-state index >= 15 is 0 Å². The van der Waals surface area contributed by atoms with Gasteiger partial charge in [0.25, 0.3) is 5.91 Å². The van der Waals surface area contributed by atoms with Gasteiger partial charge in [0.2, 0.25) is 0 Å². The molecule has 0 atom stereocenters. The Labute approximate surface area is 96.2 Å². The van der Waals surface area contributed by atoms with Crippen molar-refractivity contribution in [2.75, 3.05) is 0 Å². The van der Waals surface area contributed by atoms with Crippen molar-refractivity contribution in [3.05, 3.63) is 34.7 Å². The Morgan fingerprint density at radius 2 is 2.13 bits per heavy atom. The fraction of sp³-hybridized carbons (Fsp3) is 0. The number of phenolic OH excluding ortho intramolecular Hbond substituents is 1. The molecule has 1 amide bonds. The average molecular weight is 237 g/mol. The molecule has 0 radical (unpaired) electrons. The third kappa shape index (κ3) is 2.19. The topological polar surface area (TPSA) is 49.3 Å². The zero-order valence-electron chi connectivity index (χ0n) is 7.56. The van der Waals surface area contributed by atoms with E-state index in [1.807, 2.05) is 0 Å². The Kier molecular flexibility index (Phi) is 2.75. The molecule has 1 saturated heterocycles. The first-order valence-electron chi connectivity index (χ1n) is 4.19. The van der Waals surface area contributed by atoms with Gasteiger partial charge in [0.05, 0.1) is 4.91 Å². The van der Waals surface area contributed by atoms with Crippen molar-refractivity contribution >= 4 is 40.3 Å². The maximum absolute atomic E-state index is 11.3. The molecular weight excluding hydrogens is 230 g/mol. The van der Waals surface area contributed by atoms with Gasteiger partial charge in [-0.25, -0.2) is 0 Å². The number of nitrogens with one attached hydrogen (secondary N) is 1. The van der Waals surface area contributed by atoms with Gasteiger partial charge in [-0.15, -0.1) is 0 Å². The molecular formula is C10H7NO2S2. The van der Waals surface area contributed by atoms with Crippen molar-refractivity contribution in [2.45, 2.75) is 0 Å². The Bertz CT molecular complexity index is 468. The summed E-state index contributed by atoms with van der Waals surface area (Å²) in [5.74, 6) is -0.0653. The van der Waals surface area contributed by atoms with Crippen molar-refractivity contribution in [3.63, 3.8) is 0 Å². The largest absolute Gasteiger partial charge is 0.507 e. The van der Waals surface area contributed by atoms with Crippen molar-refractivity contribution in [1.29, 1.82) is 0 Å². The molecule has 1 aliphatic rings. The number of rotatable bonds is 1. The Morgan fingerprint density at radius 1 is 1.40 bits per heavy atom. The fourth-order valence-corrected chi connectivity index (χ4v) is 2.21. The summed E-state index contributed by atoms with van der Waals surface area (Å²) >= 11 is 6.05. The first kappa shape index (κ1) is 10.2. The van der Waals surface area contributed by atoms with E-state index in [4.69, 9.17) is 12.2 Å². The average Bonchev–Trinajstić information content (AvgIpc) is 2.49. The summed E-state index contributed by atoms with van der Waals surface area (Å²) in [6.07, 6.45) is 1.62. The van der Waals surface area contributed by atoms with Crippen LogP contribution in [-0.2, 0) is 4.79 Å². The molecule has 0 spiro atoms. The van der Waals surface area contributed by atoms with Crippen LogP contribution in [0.3, 0.4) is 0 Å². The summed E-state index contributed by atoms with van der Waals surface area (Å²) in [7, 11) is 0. The fourth-order valence-electron chi connectivity index (χ4n) is 1.17. The van der Waals surface area contributed by atoms with Crippen LogP contribution < -0.4 is 5.32 Å². The SMILES string of the molecule is O=C1NC(=S)S/C1=C/c1ccccc1O. The van der Waals surface area contributed by atoms with Crippen molar-refractivity contribution in [1.82, 2.24) is 5.32 Å². The van der Waals surface area contributed by atoms with E-state index < -0.39 is 0 Å². The number of thioether (sulfide) groups is 1. The van der Waals surface area contributed by atoms with Crippen LogP contribution in [0.2, 0.25) is 0 Å². The van der Waals surface area contributed by atoms with Gasteiger partial charge in [-0.05, 0) is 12.1 Å². The van der Waals surface area contributed by atoms with Crippen LogP contribution in [0, 0.1) is 0 Å². The smallest absolute Gasteiger partial charge is 0.263 e. The maximum Gasteiger partial charge on any atom is 0.263 e. The van der Waals surface area contributed by atoms with Crippen molar-refractivity contribution < 1.29 is 9.90 Å². The van der Waals surface area contributed by atoms with Crippen LogP contribution in [0.5, 0.6) is 5.75 Å². The summed E-state index contributed by atoms with van der Waals surface area (Å²) in [5, 5.41) is 12.0. The highest BCUT2D eigenvalue weighted by Crippen LogP contribution is 2.28. The molecule has 0 aliphatic carbocycles. The third-order valence-electron chi connectivity index (χ3n) is 1.87. The van der Waals surface area contributed by atoms with Crippen LogP contribution >= 0.6 is 24.0 Å². The van der Waals surface area contributed by atoms with Crippen LogP contribution in [0.25, 0.3) is 6.08 Å². The molecule has 1 aliphatic heterocycles. The van der Waals surface area contributed by atoms with E-state index in [9.17, 15) is 9.90 Å². The lowest BCUT2D eigenvalue weighted by Gasteiger charge is -1.97. The van der Waals surface area contributed by atoms with Gasteiger partial charge in [0, 0.05) is 5.56 Å². The second kappa shape index (κ2) is 4.04. The summed E-state index contributed by atoms with van der Waals surface area (Å²) < 4.78 is 0.446.